The number of rotatable bonds is 4. The Morgan fingerprint density at radius 3 is 2.80 bits per heavy atom. The average Bonchev–Trinajstić information content (AvgIpc) is 2.77. The van der Waals surface area contributed by atoms with Crippen molar-refractivity contribution in [2.24, 2.45) is 0 Å². The second-order valence-corrected chi connectivity index (χ2v) is 2.79. The molecule has 0 fully saturated rings. The minimum absolute atomic E-state index is 0.0256. The maximum absolute atomic E-state index is 11.5. The number of carbonyl (C=O) groups excluding carboxylic acids is 2. The quantitative estimate of drug-likeness (QED) is 0.633. The van der Waals surface area contributed by atoms with Gasteiger partial charge in [-0.15, -0.1) is 10.2 Å². The third-order valence-electron chi connectivity index (χ3n) is 1.76. The van der Waals surface area contributed by atoms with Gasteiger partial charge in [-0.1, -0.05) is 0 Å². The highest BCUT2D eigenvalue weighted by Gasteiger charge is 2.16. The lowest BCUT2D eigenvalue weighted by molar-refractivity contribution is -0.140. The molecule has 0 saturated carbocycles. The van der Waals surface area contributed by atoms with Crippen LogP contribution >= 0.6 is 0 Å². The van der Waals surface area contributed by atoms with Crippen molar-refractivity contribution in [3.63, 3.8) is 0 Å². The number of methoxy groups -OCH3 is 1. The highest BCUT2D eigenvalue weighted by molar-refractivity contribution is 5.90. The minimum Gasteiger partial charge on any atom is -0.469 e. The molecule has 0 bridgehead atoms. The van der Waals surface area contributed by atoms with E-state index >= 15 is 0 Å². The van der Waals surface area contributed by atoms with Gasteiger partial charge in [0.25, 0.3) is 11.7 Å². The molecule has 0 aromatic carbocycles. The summed E-state index contributed by atoms with van der Waals surface area (Å²) in [5.41, 5.74) is 0. The third-order valence-corrected chi connectivity index (χ3v) is 1.76. The molecule has 8 nitrogen and oxygen atoms in total. The smallest absolute Gasteiger partial charge is 0.307 e. The fraction of sp³-hybridized carbons (Fsp3) is 0.571. The van der Waals surface area contributed by atoms with Gasteiger partial charge in [0.2, 0.25) is 0 Å². The van der Waals surface area contributed by atoms with E-state index in [1.807, 2.05) is 0 Å². The molecule has 82 valence electrons. The summed E-state index contributed by atoms with van der Waals surface area (Å²) in [6, 6.07) is 0. The lowest BCUT2D eigenvalue weighted by Gasteiger charge is -2.13. The molecule has 1 heterocycles. The van der Waals surface area contributed by atoms with Gasteiger partial charge in [-0.05, 0) is 5.21 Å². The Morgan fingerprint density at radius 1 is 1.53 bits per heavy atom. The highest BCUT2D eigenvalue weighted by atomic mass is 16.5. The van der Waals surface area contributed by atoms with Crippen LogP contribution in [0.4, 0.5) is 0 Å². The van der Waals surface area contributed by atoms with Crippen LogP contribution in [0.1, 0.15) is 17.0 Å². The van der Waals surface area contributed by atoms with E-state index in [1.165, 1.54) is 12.0 Å². The van der Waals surface area contributed by atoms with E-state index in [1.54, 1.807) is 7.05 Å². The second-order valence-electron chi connectivity index (χ2n) is 2.79. The first-order valence-corrected chi connectivity index (χ1v) is 4.21. The average molecular weight is 213 g/mol. The van der Waals surface area contributed by atoms with Crippen molar-refractivity contribution in [2.75, 3.05) is 20.7 Å². The summed E-state index contributed by atoms with van der Waals surface area (Å²) in [4.78, 5) is 23.6. The van der Waals surface area contributed by atoms with E-state index in [2.05, 4.69) is 25.4 Å². The molecule has 15 heavy (non-hydrogen) atoms. The van der Waals surface area contributed by atoms with Crippen molar-refractivity contribution >= 4 is 11.9 Å². The molecule has 1 N–H and O–H groups in total. The van der Waals surface area contributed by atoms with Crippen LogP contribution in [0.2, 0.25) is 0 Å². The third kappa shape index (κ3) is 3.01. The summed E-state index contributed by atoms with van der Waals surface area (Å²) in [6.07, 6.45) is 0.136. The highest BCUT2D eigenvalue weighted by Crippen LogP contribution is 1.96. The van der Waals surface area contributed by atoms with Crippen molar-refractivity contribution in [2.45, 2.75) is 6.42 Å². The van der Waals surface area contributed by atoms with Gasteiger partial charge in [-0.25, -0.2) is 0 Å². The Kier molecular flexibility index (Phi) is 3.72. The van der Waals surface area contributed by atoms with Gasteiger partial charge >= 0.3 is 5.97 Å². The second kappa shape index (κ2) is 5.03. The fourth-order valence-corrected chi connectivity index (χ4v) is 0.886. The standard InChI is InChI=1S/C7H11N5O3/c1-12(4-3-5(13)15-2)7(14)6-8-10-11-9-6/h3-4H2,1-2H3,(H,8,9,10,11). The number of hydrogen-bond acceptors (Lipinski definition) is 6. The van der Waals surface area contributed by atoms with Gasteiger partial charge in [0, 0.05) is 13.6 Å². The number of esters is 1. The van der Waals surface area contributed by atoms with Crippen molar-refractivity contribution in [1.29, 1.82) is 0 Å². The molecule has 0 radical (unpaired) electrons. The predicted molar refractivity (Wildman–Crippen MR) is 47.8 cm³/mol. The summed E-state index contributed by atoms with van der Waals surface area (Å²) in [6.45, 7) is 0.250. The SMILES string of the molecule is COC(=O)CCN(C)C(=O)c1nn[nH]n1. The molecule has 8 heteroatoms. The van der Waals surface area contributed by atoms with Gasteiger partial charge in [0.05, 0.1) is 13.5 Å². The van der Waals surface area contributed by atoms with E-state index in [0.29, 0.717) is 0 Å². The van der Waals surface area contributed by atoms with Crippen molar-refractivity contribution in [3.05, 3.63) is 5.82 Å². The van der Waals surface area contributed by atoms with E-state index in [-0.39, 0.29) is 24.8 Å². The van der Waals surface area contributed by atoms with E-state index in [4.69, 9.17) is 0 Å². The summed E-state index contributed by atoms with van der Waals surface area (Å²) < 4.78 is 4.44. The largest absolute Gasteiger partial charge is 0.469 e. The maximum atomic E-state index is 11.5. The zero-order chi connectivity index (χ0) is 11.3. The molecule has 0 spiro atoms. The molecule has 0 saturated heterocycles. The van der Waals surface area contributed by atoms with E-state index in [9.17, 15) is 9.59 Å². The van der Waals surface area contributed by atoms with E-state index < -0.39 is 5.91 Å². The van der Waals surface area contributed by atoms with Crippen LogP contribution in [0, 0.1) is 0 Å². The molecule has 1 aromatic rings. The van der Waals surface area contributed by atoms with Gasteiger partial charge in [-0.2, -0.15) is 5.21 Å². The molecule has 0 aliphatic carbocycles. The zero-order valence-corrected chi connectivity index (χ0v) is 8.43. The van der Waals surface area contributed by atoms with Gasteiger partial charge in [0.15, 0.2) is 0 Å². The molecule has 0 aliphatic rings. The Morgan fingerprint density at radius 2 is 2.27 bits per heavy atom. The first-order valence-electron chi connectivity index (χ1n) is 4.21. The van der Waals surface area contributed by atoms with Crippen LogP contribution in [0.5, 0.6) is 0 Å². The van der Waals surface area contributed by atoms with Crippen molar-refractivity contribution in [1.82, 2.24) is 25.5 Å². The molecule has 0 unspecified atom stereocenters. The number of hydrogen-bond donors (Lipinski definition) is 1. The Balaban J connectivity index is 2.44. The number of aromatic amines is 1. The summed E-state index contributed by atoms with van der Waals surface area (Å²) >= 11 is 0. The summed E-state index contributed by atoms with van der Waals surface area (Å²) in [7, 11) is 2.84. The number of aromatic nitrogens is 4. The Bertz CT molecular complexity index is 336. The van der Waals surface area contributed by atoms with Crippen LogP contribution in [0.15, 0.2) is 0 Å². The van der Waals surface area contributed by atoms with Gasteiger partial charge < -0.3 is 9.64 Å². The van der Waals surface area contributed by atoms with Crippen molar-refractivity contribution in [3.8, 4) is 0 Å². The number of H-pyrrole nitrogens is 1. The maximum Gasteiger partial charge on any atom is 0.307 e. The number of nitrogens with one attached hydrogen (secondary N) is 1. The van der Waals surface area contributed by atoms with Crippen molar-refractivity contribution < 1.29 is 14.3 Å². The lowest BCUT2D eigenvalue weighted by Crippen LogP contribution is -2.30. The lowest BCUT2D eigenvalue weighted by atomic mass is 10.4. The first-order chi connectivity index (χ1) is 7.15. The zero-order valence-electron chi connectivity index (χ0n) is 8.43. The van der Waals surface area contributed by atoms with Gasteiger partial charge in [0.1, 0.15) is 0 Å². The van der Waals surface area contributed by atoms with Crippen LogP contribution in [0.3, 0.4) is 0 Å². The number of carbonyl (C=O) groups is 2. The Labute approximate surface area is 85.6 Å². The topological polar surface area (TPSA) is 101 Å². The number of nitrogens with zero attached hydrogens (tertiary/aromatic N) is 4. The summed E-state index contributed by atoms with van der Waals surface area (Å²) in [5.74, 6) is -0.794. The molecule has 0 atom stereocenters. The molecule has 1 rings (SSSR count). The van der Waals surface area contributed by atoms with Crippen LogP contribution < -0.4 is 0 Å². The number of ether oxygens (including phenoxy) is 1. The molecule has 1 aromatic heterocycles. The molecular weight excluding hydrogens is 202 g/mol. The molecule has 0 aliphatic heterocycles. The van der Waals surface area contributed by atoms with Crippen LogP contribution in [0.25, 0.3) is 0 Å². The monoisotopic (exact) mass is 213 g/mol. The summed E-state index contributed by atoms with van der Waals surface area (Å²) in [5, 5.41) is 12.5. The number of amides is 1. The molecular formula is C7H11N5O3. The Hall–Kier alpha value is -1.99. The van der Waals surface area contributed by atoms with E-state index in [0.717, 1.165) is 0 Å². The molecule has 1 amide bonds. The normalized spacial score (nSPS) is 9.73. The number of tetrazole rings is 1. The first kappa shape index (κ1) is 11.1. The fourth-order valence-electron chi connectivity index (χ4n) is 0.886. The van der Waals surface area contributed by atoms with Crippen LogP contribution in [-0.2, 0) is 9.53 Å². The predicted octanol–water partition coefficient (Wildman–Crippen LogP) is -1.17. The van der Waals surface area contributed by atoms with Gasteiger partial charge in [-0.3, -0.25) is 9.59 Å². The van der Waals surface area contributed by atoms with Crippen LogP contribution in [-0.4, -0.2) is 58.1 Å². The minimum atomic E-state index is -0.396.